The largest absolute Gasteiger partial charge is 0.258 e. The van der Waals surface area contributed by atoms with Crippen LogP contribution in [0.25, 0.3) is 11.0 Å². The van der Waals surface area contributed by atoms with Crippen molar-refractivity contribution in [3.05, 3.63) is 21.8 Å². The maximum atomic E-state index is 12.8. The van der Waals surface area contributed by atoms with Crippen LogP contribution in [0.5, 0.6) is 0 Å². The summed E-state index contributed by atoms with van der Waals surface area (Å²) >= 11 is 2.04. The number of rotatable bonds is 0. The van der Waals surface area contributed by atoms with Crippen molar-refractivity contribution in [1.82, 2.24) is 15.2 Å². The topological polar surface area (TPSA) is 41.6 Å². The fourth-order valence-electron chi connectivity index (χ4n) is 0.877. The summed E-state index contributed by atoms with van der Waals surface area (Å²) < 4.78 is 13.6. The highest BCUT2D eigenvalue weighted by molar-refractivity contribution is 14.1. The Balaban J connectivity index is 2.96. The van der Waals surface area contributed by atoms with E-state index in [4.69, 9.17) is 0 Å². The molecule has 2 rings (SSSR count). The second-order valence-corrected chi connectivity index (χ2v) is 3.19. The number of nitrogens with zero attached hydrogens (tertiary/aromatic N) is 2. The third-order valence-electron chi connectivity index (χ3n) is 1.37. The second-order valence-electron chi connectivity index (χ2n) is 2.03. The molecule has 0 aliphatic rings. The minimum absolute atomic E-state index is 0.466. The Kier molecular flexibility index (Phi) is 1.52. The lowest BCUT2D eigenvalue weighted by atomic mass is 10.4. The van der Waals surface area contributed by atoms with Gasteiger partial charge in [-0.25, -0.2) is 4.98 Å². The van der Waals surface area contributed by atoms with Gasteiger partial charge in [0, 0.05) is 9.77 Å². The zero-order valence-electron chi connectivity index (χ0n) is 5.31. The molecule has 2 heterocycles. The number of hydrogen-bond acceptors (Lipinski definition) is 2. The normalized spacial score (nSPS) is 10.7. The first kappa shape index (κ1) is 6.96. The van der Waals surface area contributed by atoms with Crippen molar-refractivity contribution < 1.29 is 4.39 Å². The molecule has 11 heavy (non-hydrogen) atoms. The number of aromatic nitrogens is 3. The van der Waals surface area contributed by atoms with Gasteiger partial charge in [0.1, 0.15) is 0 Å². The van der Waals surface area contributed by atoms with Gasteiger partial charge in [-0.3, -0.25) is 5.10 Å². The van der Waals surface area contributed by atoms with Gasteiger partial charge in [-0.05, 0) is 28.7 Å². The highest BCUT2D eigenvalue weighted by Crippen LogP contribution is 2.18. The average Bonchev–Trinajstić information content (AvgIpc) is 2.34. The summed E-state index contributed by atoms with van der Waals surface area (Å²) in [6.45, 7) is 0. The molecule has 2 aromatic rings. The number of fused-ring (bicyclic) bond motifs is 1. The quantitative estimate of drug-likeness (QED) is 0.735. The Labute approximate surface area is 75.2 Å². The van der Waals surface area contributed by atoms with Gasteiger partial charge in [-0.2, -0.15) is 4.39 Å². The third kappa shape index (κ3) is 0.991. The minimum Gasteiger partial charge on any atom is -0.258 e. The van der Waals surface area contributed by atoms with Crippen LogP contribution in [-0.4, -0.2) is 15.2 Å². The molecule has 2 aromatic heterocycles. The molecule has 0 amide bonds. The van der Waals surface area contributed by atoms with E-state index in [1.54, 1.807) is 12.3 Å². The molecule has 0 atom stereocenters. The van der Waals surface area contributed by atoms with Crippen molar-refractivity contribution in [2.24, 2.45) is 0 Å². The van der Waals surface area contributed by atoms with Gasteiger partial charge in [-0.15, -0.1) is 5.10 Å². The van der Waals surface area contributed by atoms with Crippen LogP contribution in [-0.2, 0) is 0 Å². The molecule has 0 saturated heterocycles. The first-order chi connectivity index (χ1) is 5.29. The Morgan fingerprint density at radius 1 is 1.55 bits per heavy atom. The van der Waals surface area contributed by atoms with Crippen molar-refractivity contribution >= 4 is 33.6 Å². The van der Waals surface area contributed by atoms with Crippen LogP contribution in [0.1, 0.15) is 0 Å². The zero-order chi connectivity index (χ0) is 7.84. The van der Waals surface area contributed by atoms with Gasteiger partial charge >= 0.3 is 0 Å². The summed E-state index contributed by atoms with van der Waals surface area (Å²) in [5.41, 5.74) is 0.495. The standard InChI is InChI=1S/C6H3FIN3/c7-5-4-3(8)1-2-9-6(4)11-10-5/h1-2H,(H,9,10,11). The van der Waals surface area contributed by atoms with Gasteiger partial charge in [-0.1, -0.05) is 0 Å². The molecule has 0 spiro atoms. The Morgan fingerprint density at radius 2 is 2.36 bits per heavy atom. The fraction of sp³-hybridized carbons (Fsp3) is 0. The van der Waals surface area contributed by atoms with E-state index in [0.717, 1.165) is 3.57 Å². The number of hydrogen-bond donors (Lipinski definition) is 1. The molecule has 0 aromatic carbocycles. The average molecular weight is 263 g/mol. The van der Waals surface area contributed by atoms with E-state index in [1.807, 2.05) is 22.6 Å². The van der Waals surface area contributed by atoms with E-state index in [9.17, 15) is 4.39 Å². The highest BCUT2D eigenvalue weighted by atomic mass is 127. The zero-order valence-corrected chi connectivity index (χ0v) is 7.46. The van der Waals surface area contributed by atoms with Gasteiger partial charge < -0.3 is 0 Å². The smallest absolute Gasteiger partial charge is 0.242 e. The van der Waals surface area contributed by atoms with Crippen molar-refractivity contribution in [2.45, 2.75) is 0 Å². The van der Waals surface area contributed by atoms with Gasteiger partial charge in [0.25, 0.3) is 0 Å². The van der Waals surface area contributed by atoms with Gasteiger partial charge in [0.15, 0.2) is 5.65 Å². The Morgan fingerprint density at radius 3 is 3.09 bits per heavy atom. The molecule has 0 aliphatic heterocycles. The number of aromatic amines is 1. The van der Waals surface area contributed by atoms with Gasteiger partial charge in [0.05, 0.1) is 5.39 Å². The molecule has 0 fully saturated rings. The molecule has 56 valence electrons. The Hall–Kier alpha value is -0.720. The summed E-state index contributed by atoms with van der Waals surface area (Å²) in [5.74, 6) is -0.488. The van der Waals surface area contributed by atoms with Crippen molar-refractivity contribution in [3.63, 3.8) is 0 Å². The van der Waals surface area contributed by atoms with E-state index in [2.05, 4.69) is 15.2 Å². The van der Waals surface area contributed by atoms with Crippen LogP contribution in [0, 0.1) is 9.52 Å². The van der Waals surface area contributed by atoms with Crippen molar-refractivity contribution in [2.75, 3.05) is 0 Å². The molecule has 0 radical (unpaired) electrons. The molecular formula is C6H3FIN3. The maximum absolute atomic E-state index is 12.8. The molecular weight excluding hydrogens is 260 g/mol. The second kappa shape index (κ2) is 2.40. The summed E-state index contributed by atoms with van der Waals surface area (Å²) in [4.78, 5) is 3.90. The van der Waals surface area contributed by atoms with Crippen LogP contribution >= 0.6 is 22.6 Å². The molecule has 3 nitrogen and oxygen atoms in total. The monoisotopic (exact) mass is 263 g/mol. The summed E-state index contributed by atoms with van der Waals surface area (Å²) in [5, 5.41) is 6.35. The van der Waals surface area contributed by atoms with Crippen LogP contribution in [0.15, 0.2) is 12.3 Å². The minimum atomic E-state index is -0.488. The van der Waals surface area contributed by atoms with Crippen LogP contribution in [0.2, 0.25) is 0 Å². The summed E-state index contributed by atoms with van der Waals surface area (Å²) in [6, 6.07) is 1.74. The fourth-order valence-corrected chi connectivity index (χ4v) is 1.52. The molecule has 0 aliphatic carbocycles. The molecule has 0 bridgehead atoms. The number of halogens is 2. The first-order valence-electron chi connectivity index (χ1n) is 2.93. The van der Waals surface area contributed by atoms with Crippen molar-refractivity contribution in [1.29, 1.82) is 0 Å². The highest BCUT2D eigenvalue weighted by Gasteiger charge is 2.07. The molecule has 5 heteroatoms. The van der Waals surface area contributed by atoms with E-state index in [0.29, 0.717) is 11.0 Å². The lowest BCUT2D eigenvalue weighted by Crippen LogP contribution is -1.79. The van der Waals surface area contributed by atoms with E-state index in [-0.39, 0.29) is 0 Å². The summed E-state index contributed by atoms with van der Waals surface area (Å²) in [6.07, 6.45) is 1.61. The lowest BCUT2D eigenvalue weighted by Gasteiger charge is -1.89. The number of H-pyrrole nitrogens is 1. The van der Waals surface area contributed by atoms with Gasteiger partial charge in [0.2, 0.25) is 5.95 Å². The third-order valence-corrected chi connectivity index (χ3v) is 2.27. The van der Waals surface area contributed by atoms with E-state index < -0.39 is 5.95 Å². The Bertz CT molecular complexity index is 398. The molecule has 0 unspecified atom stereocenters. The maximum Gasteiger partial charge on any atom is 0.242 e. The first-order valence-corrected chi connectivity index (χ1v) is 4.01. The predicted molar refractivity (Wildman–Crippen MR) is 46.6 cm³/mol. The molecule has 1 N–H and O–H groups in total. The number of nitrogens with one attached hydrogen (secondary N) is 1. The SMILES string of the molecule is Fc1n[nH]c2nccc(I)c12. The van der Waals surface area contributed by atoms with E-state index in [1.165, 1.54) is 0 Å². The van der Waals surface area contributed by atoms with E-state index >= 15 is 0 Å². The molecule has 0 saturated carbocycles. The summed E-state index contributed by atoms with van der Waals surface area (Å²) in [7, 11) is 0. The van der Waals surface area contributed by atoms with Crippen LogP contribution in [0.4, 0.5) is 4.39 Å². The van der Waals surface area contributed by atoms with Crippen LogP contribution < -0.4 is 0 Å². The lowest BCUT2D eigenvalue weighted by molar-refractivity contribution is 0.588. The van der Waals surface area contributed by atoms with Crippen molar-refractivity contribution in [3.8, 4) is 0 Å². The van der Waals surface area contributed by atoms with Crippen LogP contribution in [0.3, 0.4) is 0 Å². The predicted octanol–water partition coefficient (Wildman–Crippen LogP) is 1.70. The number of pyridine rings is 1.